The largest absolute Gasteiger partial charge is 0.488 e. The van der Waals surface area contributed by atoms with Gasteiger partial charge in [-0.05, 0) is 44.4 Å². The van der Waals surface area contributed by atoms with Gasteiger partial charge in [-0.25, -0.2) is 0 Å². The van der Waals surface area contributed by atoms with Crippen LogP contribution in [0.15, 0.2) is 60.7 Å². The number of ether oxygens (including phenoxy) is 1. The molecule has 0 fully saturated rings. The van der Waals surface area contributed by atoms with Crippen molar-refractivity contribution >= 4 is 0 Å². The molecule has 94 valence electrons. The molecule has 2 rings (SSSR count). The molecular formula is C17H20O. The van der Waals surface area contributed by atoms with Gasteiger partial charge >= 0.3 is 0 Å². The SMILES string of the molecule is CC(C)(CCc1ccccc1)Oc1ccccc1. The first kappa shape index (κ1) is 12.7. The highest BCUT2D eigenvalue weighted by Crippen LogP contribution is 2.22. The van der Waals surface area contributed by atoms with Gasteiger partial charge in [-0.1, -0.05) is 48.5 Å². The molecule has 1 heteroatoms. The van der Waals surface area contributed by atoms with Gasteiger partial charge in [-0.3, -0.25) is 0 Å². The lowest BCUT2D eigenvalue weighted by Gasteiger charge is -2.26. The zero-order valence-electron chi connectivity index (χ0n) is 11.1. The van der Waals surface area contributed by atoms with Gasteiger partial charge in [0.05, 0.1) is 0 Å². The van der Waals surface area contributed by atoms with Crippen LogP contribution in [0.4, 0.5) is 0 Å². The molecule has 0 unspecified atom stereocenters. The van der Waals surface area contributed by atoms with Crippen LogP contribution in [0.3, 0.4) is 0 Å². The number of hydrogen-bond donors (Lipinski definition) is 0. The summed E-state index contributed by atoms with van der Waals surface area (Å²) in [7, 11) is 0. The first-order valence-corrected chi connectivity index (χ1v) is 6.44. The van der Waals surface area contributed by atoms with Gasteiger partial charge in [-0.15, -0.1) is 0 Å². The Bertz CT molecular complexity index is 459. The van der Waals surface area contributed by atoms with E-state index in [2.05, 4.69) is 44.2 Å². The Hall–Kier alpha value is -1.76. The van der Waals surface area contributed by atoms with E-state index < -0.39 is 0 Å². The molecule has 0 N–H and O–H groups in total. The van der Waals surface area contributed by atoms with E-state index in [1.807, 2.05) is 30.3 Å². The number of aryl methyl sites for hydroxylation is 1. The van der Waals surface area contributed by atoms with Crippen molar-refractivity contribution in [3.05, 3.63) is 66.2 Å². The van der Waals surface area contributed by atoms with Gasteiger partial charge in [0.15, 0.2) is 0 Å². The Morgan fingerprint density at radius 1 is 0.833 bits per heavy atom. The van der Waals surface area contributed by atoms with Crippen molar-refractivity contribution in [2.24, 2.45) is 0 Å². The maximum absolute atomic E-state index is 6.02. The van der Waals surface area contributed by atoms with Crippen LogP contribution in [0.2, 0.25) is 0 Å². The minimum atomic E-state index is -0.142. The molecule has 0 amide bonds. The lowest BCUT2D eigenvalue weighted by atomic mass is 9.98. The molecule has 18 heavy (non-hydrogen) atoms. The van der Waals surface area contributed by atoms with E-state index in [1.165, 1.54) is 5.56 Å². The van der Waals surface area contributed by atoms with Crippen molar-refractivity contribution in [1.29, 1.82) is 0 Å². The third-order valence-corrected chi connectivity index (χ3v) is 3.00. The Kier molecular flexibility index (Phi) is 4.03. The van der Waals surface area contributed by atoms with E-state index >= 15 is 0 Å². The van der Waals surface area contributed by atoms with E-state index in [4.69, 9.17) is 4.74 Å². The van der Waals surface area contributed by atoms with Crippen LogP contribution in [0.5, 0.6) is 5.75 Å². The molecule has 0 aliphatic carbocycles. The summed E-state index contributed by atoms with van der Waals surface area (Å²) in [6.45, 7) is 4.28. The maximum Gasteiger partial charge on any atom is 0.120 e. The third-order valence-electron chi connectivity index (χ3n) is 3.00. The summed E-state index contributed by atoms with van der Waals surface area (Å²) < 4.78 is 6.02. The minimum absolute atomic E-state index is 0.142. The average Bonchev–Trinajstić information content (AvgIpc) is 2.38. The van der Waals surface area contributed by atoms with Crippen LogP contribution >= 0.6 is 0 Å². The predicted octanol–water partition coefficient (Wildman–Crippen LogP) is 4.48. The topological polar surface area (TPSA) is 9.23 Å². The normalized spacial score (nSPS) is 11.2. The smallest absolute Gasteiger partial charge is 0.120 e. The van der Waals surface area contributed by atoms with E-state index in [-0.39, 0.29) is 5.60 Å². The molecule has 0 spiro atoms. The van der Waals surface area contributed by atoms with Crippen LogP contribution in [0.25, 0.3) is 0 Å². The molecule has 0 saturated heterocycles. The van der Waals surface area contributed by atoms with Gasteiger partial charge in [0.2, 0.25) is 0 Å². The molecule has 0 bridgehead atoms. The van der Waals surface area contributed by atoms with E-state index in [0.717, 1.165) is 18.6 Å². The Balaban J connectivity index is 1.91. The molecule has 2 aromatic rings. The molecule has 0 atom stereocenters. The first-order chi connectivity index (χ1) is 8.66. The summed E-state index contributed by atoms with van der Waals surface area (Å²) in [4.78, 5) is 0. The van der Waals surface area contributed by atoms with Crippen LogP contribution in [-0.2, 0) is 6.42 Å². The third kappa shape index (κ3) is 3.92. The van der Waals surface area contributed by atoms with Crippen molar-refractivity contribution in [1.82, 2.24) is 0 Å². The van der Waals surface area contributed by atoms with Crippen LogP contribution in [-0.4, -0.2) is 5.60 Å². The second kappa shape index (κ2) is 5.72. The highest BCUT2D eigenvalue weighted by Gasteiger charge is 2.19. The zero-order chi connectivity index (χ0) is 12.8. The zero-order valence-corrected chi connectivity index (χ0v) is 11.1. The fourth-order valence-corrected chi connectivity index (χ4v) is 1.95. The van der Waals surface area contributed by atoms with E-state index in [1.54, 1.807) is 0 Å². The summed E-state index contributed by atoms with van der Waals surface area (Å²) in [6, 6.07) is 20.6. The molecular weight excluding hydrogens is 220 g/mol. The molecule has 2 aromatic carbocycles. The van der Waals surface area contributed by atoms with Crippen LogP contribution in [0, 0.1) is 0 Å². The summed E-state index contributed by atoms with van der Waals surface area (Å²) in [5.74, 6) is 0.940. The van der Waals surface area contributed by atoms with Gasteiger partial charge in [-0.2, -0.15) is 0 Å². The second-order valence-electron chi connectivity index (χ2n) is 5.16. The summed E-state index contributed by atoms with van der Waals surface area (Å²) in [6.07, 6.45) is 2.05. The number of benzene rings is 2. The molecule has 0 saturated carbocycles. The maximum atomic E-state index is 6.02. The summed E-state index contributed by atoms with van der Waals surface area (Å²) in [5.41, 5.74) is 1.22. The van der Waals surface area contributed by atoms with Gasteiger partial charge in [0.25, 0.3) is 0 Å². The fraction of sp³-hybridized carbons (Fsp3) is 0.294. The molecule has 0 aromatic heterocycles. The highest BCUT2D eigenvalue weighted by molar-refractivity contribution is 5.22. The van der Waals surface area contributed by atoms with Crippen molar-refractivity contribution in [2.45, 2.75) is 32.3 Å². The second-order valence-corrected chi connectivity index (χ2v) is 5.16. The monoisotopic (exact) mass is 240 g/mol. The Morgan fingerprint density at radius 2 is 1.39 bits per heavy atom. The minimum Gasteiger partial charge on any atom is -0.488 e. The first-order valence-electron chi connectivity index (χ1n) is 6.44. The Labute approximate surface area is 109 Å². The number of rotatable bonds is 5. The summed E-state index contributed by atoms with van der Waals surface area (Å²) >= 11 is 0. The van der Waals surface area contributed by atoms with Crippen LogP contribution < -0.4 is 4.74 Å². The molecule has 0 aliphatic rings. The van der Waals surface area contributed by atoms with Gasteiger partial charge in [0, 0.05) is 0 Å². The van der Waals surface area contributed by atoms with E-state index in [0.29, 0.717) is 0 Å². The molecule has 0 aliphatic heterocycles. The summed E-state index contributed by atoms with van der Waals surface area (Å²) in [5, 5.41) is 0. The van der Waals surface area contributed by atoms with Crippen molar-refractivity contribution < 1.29 is 4.74 Å². The van der Waals surface area contributed by atoms with Crippen molar-refractivity contribution in [2.75, 3.05) is 0 Å². The van der Waals surface area contributed by atoms with E-state index in [9.17, 15) is 0 Å². The average molecular weight is 240 g/mol. The molecule has 0 radical (unpaired) electrons. The highest BCUT2D eigenvalue weighted by atomic mass is 16.5. The molecule has 1 nitrogen and oxygen atoms in total. The van der Waals surface area contributed by atoms with Gasteiger partial charge < -0.3 is 4.74 Å². The number of para-hydroxylation sites is 1. The lowest BCUT2D eigenvalue weighted by Crippen LogP contribution is -2.28. The van der Waals surface area contributed by atoms with Crippen LogP contribution in [0.1, 0.15) is 25.8 Å². The predicted molar refractivity (Wildman–Crippen MR) is 75.9 cm³/mol. The van der Waals surface area contributed by atoms with Gasteiger partial charge in [0.1, 0.15) is 11.4 Å². The van der Waals surface area contributed by atoms with Crippen molar-refractivity contribution in [3.63, 3.8) is 0 Å². The molecule has 0 heterocycles. The number of hydrogen-bond acceptors (Lipinski definition) is 1. The van der Waals surface area contributed by atoms with Crippen molar-refractivity contribution in [3.8, 4) is 5.75 Å². The Morgan fingerprint density at radius 3 is 2.00 bits per heavy atom. The lowest BCUT2D eigenvalue weighted by molar-refractivity contribution is 0.0998. The standard InChI is InChI=1S/C17H20O/c1-17(2,18-16-11-7-4-8-12-16)14-13-15-9-5-3-6-10-15/h3-12H,13-14H2,1-2H3. The quantitative estimate of drug-likeness (QED) is 0.749. The fourth-order valence-electron chi connectivity index (χ4n) is 1.95.